The highest BCUT2D eigenvalue weighted by molar-refractivity contribution is 5.99. The Bertz CT molecular complexity index is 1050. The standard InChI is InChI=1S/C22H20F3N3O2/c1-22(11-13-4-7-15(23)8-5-13)21(30)27(2)18(20(29)28(22)3)10-16-14(12-26)6-9-17(24)19(16)25/h4-9,18H,10-11H2,1-3H3. The lowest BCUT2D eigenvalue weighted by atomic mass is 9.84. The third-order valence-electron chi connectivity index (χ3n) is 5.78. The summed E-state index contributed by atoms with van der Waals surface area (Å²) < 4.78 is 41.2. The molecule has 0 bridgehead atoms. The number of benzene rings is 2. The molecule has 0 radical (unpaired) electrons. The molecule has 2 atom stereocenters. The van der Waals surface area contributed by atoms with Gasteiger partial charge < -0.3 is 9.80 Å². The average Bonchev–Trinajstić information content (AvgIpc) is 2.73. The fourth-order valence-electron chi connectivity index (χ4n) is 3.81. The average molecular weight is 415 g/mol. The first kappa shape index (κ1) is 21.4. The predicted molar refractivity (Wildman–Crippen MR) is 103 cm³/mol. The first-order valence-corrected chi connectivity index (χ1v) is 9.26. The molecule has 3 rings (SSSR count). The van der Waals surface area contributed by atoms with Crippen LogP contribution in [0.4, 0.5) is 13.2 Å². The van der Waals surface area contributed by atoms with E-state index in [0.717, 1.165) is 12.1 Å². The van der Waals surface area contributed by atoms with Gasteiger partial charge in [-0.2, -0.15) is 5.26 Å². The van der Waals surface area contributed by atoms with Gasteiger partial charge in [0, 0.05) is 32.5 Å². The Morgan fingerprint density at radius 3 is 2.30 bits per heavy atom. The number of amides is 2. The van der Waals surface area contributed by atoms with Gasteiger partial charge in [0.2, 0.25) is 11.8 Å². The molecule has 1 aliphatic rings. The third-order valence-corrected chi connectivity index (χ3v) is 5.78. The number of rotatable bonds is 4. The van der Waals surface area contributed by atoms with Gasteiger partial charge in [0.15, 0.2) is 11.6 Å². The quantitative estimate of drug-likeness (QED) is 0.772. The second-order valence-corrected chi connectivity index (χ2v) is 7.61. The topological polar surface area (TPSA) is 64.4 Å². The van der Waals surface area contributed by atoms with Crippen molar-refractivity contribution in [3.63, 3.8) is 0 Å². The Hall–Kier alpha value is -3.34. The van der Waals surface area contributed by atoms with E-state index in [4.69, 9.17) is 0 Å². The molecule has 156 valence electrons. The van der Waals surface area contributed by atoms with E-state index in [1.54, 1.807) is 25.1 Å². The zero-order chi connectivity index (χ0) is 22.2. The second kappa shape index (κ2) is 7.82. The van der Waals surface area contributed by atoms with Gasteiger partial charge in [-0.1, -0.05) is 12.1 Å². The molecule has 5 nitrogen and oxygen atoms in total. The van der Waals surface area contributed by atoms with Crippen LogP contribution in [0.3, 0.4) is 0 Å². The summed E-state index contributed by atoms with van der Waals surface area (Å²) in [7, 11) is 2.89. The number of likely N-dealkylation sites (N-methyl/N-ethyl adjacent to an activating group) is 2. The number of carbonyl (C=O) groups is 2. The maximum atomic E-state index is 14.3. The summed E-state index contributed by atoms with van der Waals surface area (Å²) in [5, 5.41) is 9.22. The van der Waals surface area contributed by atoms with E-state index < -0.39 is 40.8 Å². The minimum atomic E-state index is -1.24. The lowest BCUT2D eigenvalue weighted by molar-refractivity contribution is -0.166. The second-order valence-electron chi connectivity index (χ2n) is 7.61. The van der Waals surface area contributed by atoms with E-state index in [0.29, 0.717) is 5.56 Å². The Labute approximate surface area is 172 Å². The van der Waals surface area contributed by atoms with Crippen molar-refractivity contribution in [3.8, 4) is 6.07 Å². The van der Waals surface area contributed by atoms with Crippen molar-refractivity contribution in [1.29, 1.82) is 5.26 Å². The first-order valence-electron chi connectivity index (χ1n) is 9.26. The molecule has 2 amide bonds. The van der Waals surface area contributed by atoms with Crippen molar-refractivity contribution >= 4 is 11.8 Å². The Morgan fingerprint density at radius 1 is 1.07 bits per heavy atom. The van der Waals surface area contributed by atoms with Gasteiger partial charge in [-0.3, -0.25) is 9.59 Å². The summed E-state index contributed by atoms with van der Waals surface area (Å²) >= 11 is 0. The van der Waals surface area contributed by atoms with Gasteiger partial charge in [0.05, 0.1) is 11.6 Å². The van der Waals surface area contributed by atoms with E-state index in [-0.39, 0.29) is 24.0 Å². The van der Waals surface area contributed by atoms with E-state index >= 15 is 0 Å². The summed E-state index contributed by atoms with van der Waals surface area (Å²) in [6.45, 7) is 1.60. The molecule has 2 aromatic carbocycles. The number of nitriles is 1. The molecule has 8 heteroatoms. The third kappa shape index (κ3) is 3.52. The van der Waals surface area contributed by atoms with Crippen molar-refractivity contribution in [2.45, 2.75) is 31.3 Å². The summed E-state index contributed by atoms with van der Waals surface area (Å²) in [6, 6.07) is 8.33. The van der Waals surface area contributed by atoms with Crippen LogP contribution in [0.2, 0.25) is 0 Å². The molecule has 30 heavy (non-hydrogen) atoms. The Kier molecular flexibility index (Phi) is 5.57. The van der Waals surface area contributed by atoms with Gasteiger partial charge >= 0.3 is 0 Å². The van der Waals surface area contributed by atoms with Gasteiger partial charge in [0.25, 0.3) is 0 Å². The first-order chi connectivity index (χ1) is 14.1. The van der Waals surface area contributed by atoms with Crippen molar-refractivity contribution in [2.75, 3.05) is 14.1 Å². The molecule has 0 aliphatic carbocycles. The van der Waals surface area contributed by atoms with Gasteiger partial charge in [-0.05, 0) is 36.8 Å². The summed E-state index contributed by atoms with van der Waals surface area (Å²) in [5.41, 5.74) is -0.906. The fraction of sp³-hybridized carbons (Fsp3) is 0.318. The van der Waals surface area contributed by atoms with Crippen LogP contribution in [0.1, 0.15) is 23.6 Å². The van der Waals surface area contributed by atoms with Crippen molar-refractivity contribution in [1.82, 2.24) is 9.80 Å². The SMILES string of the molecule is CN1C(=O)C(C)(Cc2ccc(F)cc2)N(C)C(=O)C1Cc1c(C#N)ccc(F)c1F. The van der Waals surface area contributed by atoms with E-state index in [9.17, 15) is 28.0 Å². The highest BCUT2D eigenvalue weighted by Crippen LogP contribution is 2.31. The smallest absolute Gasteiger partial charge is 0.249 e. The number of halogens is 3. The van der Waals surface area contributed by atoms with Crippen LogP contribution in [0.5, 0.6) is 0 Å². The predicted octanol–water partition coefficient (Wildman–Crippen LogP) is 2.82. The normalized spacial score (nSPS) is 21.7. The lowest BCUT2D eigenvalue weighted by Crippen LogP contribution is -2.69. The van der Waals surface area contributed by atoms with E-state index in [2.05, 4.69) is 0 Å². The molecule has 2 unspecified atom stereocenters. The Morgan fingerprint density at radius 2 is 1.70 bits per heavy atom. The summed E-state index contributed by atoms with van der Waals surface area (Å²) in [4.78, 5) is 28.8. The zero-order valence-electron chi connectivity index (χ0n) is 16.7. The van der Waals surface area contributed by atoms with Crippen LogP contribution >= 0.6 is 0 Å². The molecule has 0 saturated carbocycles. The molecule has 0 aromatic heterocycles. The van der Waals surface area contributed by atoms with Gasteiger partial charge in [-0.25, -0.2) is 13.2 Å². The highest BCUT2D eigenvalue weighted by atomic mass is 19.2. The van der Waals surface area contributed by atoms with Crippen molar-refractivity contribution < 1.29 is 22.8 Å². The number of hydrogen-bond donors (Lipinski definition) is 0. The molecule has 0 spiro atoms. The minimum Gasteiger partial charge on any atom is -0.331 e. The van der Waals surface area contributed by atoms with E-state index in [1.165, 1.54) is 36.0 Å². The van der Waals surface area contributed by atoms with E-state index in [1.807, 2.05) is 0 Å². The molecule has 0 N–H and O–H groups in total. The molecule has 1 heterocycles. The number of carbonyl (C=O) groups excluding carboxylic acids is 2. The number of hydrogen-bond acceptors (Lipinski definition) is 3. The summed E-state index contributed by atoms with van der Waals surface area (Å²) in [6.07, 6.45) is -0.173. The highest BCUT2D eigenvalue weighted by Gasteiger charge is 2.50. The monoisotopic (exact) mass is 415 g/mol. The van der Waals surface area contributed by atoms with Crippen LogP contribution in [0, 0.1) is 28.8 Å². The fourth-order valence-corrected chi connectivity index (χ4v) is 3.81. The molecule has 1 fully saturated rings. The lowest BCUT2D eigenvalue weighted by Gasteiger charge is -2.48. The van der Waals surface area contributed by atoms with Crippen LogP contribution in [-0.4, -0.2) is 47.3 Å². The maximum Gasteiger partial charge on any atom is 0.249 e. The van der Waals surface area contributed by atoms with Crippen LogP contribution in [-0.2, 0) is 22.4 Å². The van der Waals surface area contributed by atoms with Crippen LogP contribution in [0.25, 0.3) is 0 Å². The molecule has 1 aliphatic heterocycles. The minimum absolute atomic E-state index is 0.0927. The maximum absolute atomic E-state index is 14.3. The van der Waals surface area contributed by atoms with Gasteiger partial charge in [-0.15, -0.1) is 0 Å². The molecular weight excluding hydrogens is 395 g/mol. The van der Waals surface area contributed by atoms with Crippen molar-refractivity contribution in [3.05, 3.63) is 70.5 Å². The molecule has 2 aromatic rings. The zero-order valence-corrected chi connectivity index (χ0v) is 16.7. The Balaban J connectivity index is 1.93. The number of nitrogens with zero attached hydrogens (tertiary/aromatic N) is 3. The van der Waals surface area contributed by atoms with Crippen LogP contribution in [0.15, 0.2) is 36.4 Å². The van der Waals surface area contributed by atoms with Crippen LogP contribution < -0.4 is 0 Å². The van der Waals surface area contributed by atoms with Gasteiger partial charge in [0.1, 0.15) is 17.4 Å². The molecular formula is C22H20F3N3O2. The largest absolute Gasteiger partial charge is 0.331 e. The molecule has 1 saturated heterocycles. The number of piperazine rings is 1. The van der Waals surface area contributed by atoms with Crippen molar-refractivity contribution in [2.24, 2.45) is 0 Å². The summed E-state index contributed by atoms with van der Waals surface area (Å²) in [5.74, 6) is -3.60.